The molecule has 0 atom stereocenters. The first-order chi connectivity index (χ1) is 5.77. The van der Waals surface area contributed by atoms with Gasteiger partial charge in [0.25, 0.3) is 0 Å². The van der Waals surface area contributed by atoms with Crippen molar-refractivity contribution in [2.24, 2.45) is 0 Å². The second kappa shape index (κ2) is 8.32. The Morgan fingerprint density at radius 3 is 2.58 bits per heavy atom. The van der Waals surface area contributed by atoms with E-state index >= 15 is 0 Å². The van der Waals surface area contributed by atoms with Crippen LogP contribution in [0.4, 0.5) is 0 Å². The minimum atomic E-state index is 1.10. The second-order valence-corrected chi connectivity index (χ2v) is 3.13. The molecule has 68 valence electrons. The van der Waals surface area contributed by atoms with Crippen molar-refractivity contribution in [3.63, 3.8) is 0 Å². The quantitative estimate of drug-likeness (QED) is 0.406. The lowest BCUT2D eigenvalue weighted by Crippen LogP contribution is -1.69. The fourth-order valence-electron chi connectivity index (χ4n) is 0.907. The minimum absolute atomic E-state index is 1.10. The maximum absolute atomic E-state index is 3.78. The Balaban J connectivity index is 3.31. The van der Waals surface area contributed by atoms with Crippen LogP contribution in [0.25, 0.3) is 0 Å². The standard InChI is InChI=1S/C12H20/c1-4-5-6-7-8-9-10-11-12(2)3/h8-11H,2,4-7H2,1,3H3/b9-8+,11-10-. The molecule has 0 bridgehead atoms. The van der Waals surface area contributed by atoms with E-state index in [1.54, 1.807) is 0 Å². The molecule has 0 saturated carbocycles. The summed E-state index contributed by atoms with van der Waals surface area (Å²) in [7, 11) is 0. The van der Waals surface area contributed by atoms with Crippen molar-refractivity contribution in [1.82, 2.24) is 0 Å². The van der Waals surface area contributed by atoms with Crippen LogP contribution in [0.2, 0.25) is 0 Å². The highest BCUT2D eigenvalue weighted by molar-refractivity contribution is 5.16. The van der Waals surface area contributed by atoms with Crippen LogP contribution in [-0.4, -0.2) is 0 Å². The van der Waals surface area contributed by atoms with Crippen molar-refractivity contribution in [1.29, 1.82) is 0 Å². The van der Waals surface area contributed by atoms with Gasteiger partial charge >= 0.3 is 0 Å². The first kappa shape index (κ1) is 11.2. The van der Waals surface area contributed by atoms with Gasteiger partial charge in [0.15, 0.2) is 0 Å². The van der Waals surface area contributed by atoms with Gasteiger partial charge in [-0.05, 0) is 19.8 Å². The summed E-state index contributed by atoms with van der Waals surface area (Å²) in [5, 5.41) is 0. The van der Waals surface area contributed by atoms with Gasteiger partial charge in [-0.1, -0.05) is 56.2 Å². The molecule has 0 aliphatic rings. The molecule has 0 rings (SSSR count). The molecule has 0 aromatic carbocycles. The van der Waals surface area contributed by atoms with E-state index in [9.17, 15) is 0 Å². The van der Waals surface area contributed by atoms with Crippen LogP contribution >= 0.6 is 0 Å². The van der Waals surface area contributed by atoms with E-state index in [-0.39, 0.29) is 0 Å². The van der Waals surface area contributed by atoms with Crippen LogP contribution in [0.1, 0.15) is 39.5 Å². The lowest BCUT2D eigenvalue weighted by Gasteiger charge is -1.89. The van der Waals surface area contributed by atoms with Crippen molar-refractivity contribution in [3.05, 3.63) is 36.5 Å². The summed E-state index contributed by atoms with van der Waals surface area (Å²) in [6.07, 6.45) is 13.6. The first-order valence-corrected chi connectivity index (χ1v) is 4.76. The van der Waals surface area contributed by atoms with E-state index in [4.69, 9.17) is 0 Å². The van der Waals surface area contributed by atoms with Crippen molar-refractivity contribution in [2.45, 2.75) is 39.5 Å². The Bertz CT molecular complexity index is 161. The Morgan fingerprint density at radius 2 is 2.00 bits per heavy atom. The molecule has 0 nitrogen and oxygen atoms in total. The van der Waals surface area contributed by atoms with Gasteiger partial charge in [0.05, 0.1) is 0 Å². The molecule has 0 unspecified atom stereocenters. The average molecular weight is 164 g/mol. The van der Waals surface area contributed by atoms with Crippen LogP contribution < -0.4 is 0 Å². The molecule has 0 radical (unpaired) electrons. The third-order valence-corrected chi connectivity index (χ3v) is 1.60. The zero-order valence-corrected chi connectivity index (χ0v) is 8.34. The molecular weight excluding hydrogens is 144 g/mol. The number of allylic oxidation sites excluding steroid dienone is 5. The van der Waals surface area contributed by atoms with Crippen molar-refractivity contribution < 1.29 is 0 Å². The van der Waals surface area contributed by atoms with Gasteiger partial charge in [-0.2, -0.15) is 0 Å². The molecule has 0 aromatic heterocycles. The van der Waals surface area contributed by atoms with E-state index < -0.39 is 0 Å². The van der Waals surface area contributed by atoms with Gasteiger partial charge in [-0.25, -0.2) is 0 Å². The monoisotopic (exact) mass is 164 g/mol. The molecule has 0 N–H and O–H groups in total. The van der Waals surface area contributed by atoms with Crippen LogP contribution in [0.5, 0.6) is 0 Å². The van der Waals surface area contributed by atoms with Crippen LogP contribution in [0.3, 0.4) is 0 Å². The lowest BCUT2D eigenvalue weighted by atomic mass is 10.2. The van der Waals surface area contributed by atoms with E-state index in [1.165, 1.54) is 25.7 Å². The molecular formula is C12H20. The number of unbranched alkanes of at least 4 members (excludes halogenated alkanes) is 3. The zero-order chi connectivity index (χ0) is 9.23. The Labute approximate surface area is 76.7 Å². The highest BCUT2D eigenvalue weighted by Gasteiger charge is 1.79. The number of hydrogen-bond donors (Lipinski definition) is 0. The van der Waals surface area contributed by atoms with Gasteiger partial charge in [0, 0.05) is 0 Å². The summed E-state index contributed by atoms with van der Waals surface area (Å²) in [4.78, 5) is 0. The molecule has 0 amide bonds. The summed E-state index contributed by atoms with van der Waals surface area (Å²) in [5.74, 6) is 0. The third-order valence-electron chi connectivity index (χ3n) is 1.60. The molecule has 0 fully saturated rings. The summed E-state index contributed by atoms with van der Waals surface area (Å²) in [6, 6.07) is 0. The smallest absolute Gasteiger partial charge is 0.0348 e. The Hall–Kier alpha value is -0.780. The molecule has 0 spiro atoms. The predicted molar refractivity (Wildman–Crippen MR) is 57.2 cm³/mol. The molecule has 0 heterocycles. The zero-order valence-electron chi connectivity index (χ0n) is 8.34. The van der Waals surface area contributed by atoms with Crippen LogP contribution in [0, 0.1) is 0 Å². The predicted octanol–water partition coefficient (Wildman–Crippen LogP) is 4.26. The van der Waals surface area contributed by atoms with Gasteiger partial charge < -0.3 is 0 Å². The van der Waals surface area contributed by atoms with Crippen molar-refractivity contribution in [3.8, 4) is 0 Å². The largest absolute Gasteiger partial charge is 0.0961 e. The number of rotatable bonds is 6. The minimum Gasteiger partial charge on any atom is -0.0961 e. The average Bonchev–Trinajstić information content (AvgIpc) is 2.02. The SMILES string of the molecule is C=C(C)/C=C\C=C\CCCCC. The highest BCUT2D eigenvalue weighted by atomic mass is 13.9. The summed E-state index contributed by atoms with van der Waals surface area (Å²) in [6.45, 7) is 8.01. The second-order valence-electron chi connectivity index (χ2n) is 3.13. The molecule has 0 aliphatic carbocycles. The normalized spacial score (nSPS) is 11.5. The maximum Gasteiger partial charge on any atom is -0.0348 e. The molecule has 0 aromatic rings. The van der Waals surface area contributed by atoms with Gasteiger partial charge in [0.1, 0.15) is 0 Å². The topological polar surface area (TPSA) is 0 Å². The molecule has 0 heteroatoms. The van der Waals surface area contributed by atoms with E-state index in [1.807, 2.05) is 19.1 Å². The third kappa shape index (κ3) is 9.22. The highest BCUT2D eigenvalue weighted by Crippen LogP contribution is 1.99. The summed E-state index contributed by atoms with van der Waals surface area (Å²) in [5.41, 5.74) is 1.10. The van der Waals surface area contributed by atoms with E-state index in [0.717, 1.165) is 5.57 Å². The fraction of sp³-hybridized carbons (Fsp3) is 0.500. The number of hydrogen-bond acceptors (Lipinski definition) is 0. The first-order valence-electron chi connectivity index (χ1n) is 4.76. The van der Waals surface area contributed by atoms with Gasteiger partial charge in [-0.3, -0.25) is 0 Å². The van der Waals surface area contributed by atoms with Crippen molar-refractivity contribution >= 4 is 0 Å². The summed E-state index contributed by atoms with van der Waals surface area (Å²) < 4.78 is 0. The Morgan fingerprint density at radius 1 is 1.25 bits per heavy atom. The maximum atomic E-state index is 3.78. The van der Waals surface area contributed by atoms with Gasteiger partial charge in [-0.15, -0.1) is 0 Å². The summed E-state index contributed by atoms with van der Waals surface area (Å²) >= 11 is 0. The Kier molecular flexibility index (Phi) is 7.78. The lowest BCUT2D eigenvalue weighted by molar-refractivity contribution is 0.729. The van der Waals surface area contributed by atoms with Crippen molar-refractivity contribution in [2.75, 3.05) is 0 Å². The van der Waals surface area contributed by atoms with E-state index in [2.05, 4.69) is 25.7 Å². The van der Waals surface area contributed by atoms with Crippen LogP contribution in [-0.2, 0) is 0 Å². The van der Waals surface area contributed by atoms with E-state index in [0.29, 0.717) is 0 Å². The fourth-order valence-corrected chi connectivity index (χ4v) is 0.907. The van der Waals surface area contributed by atoms with Crippen LogP contribution in [0.15, 0.2) is 36.5 Å². The molecule has 12 heavy (non-hydrogen) atoms. The molecule has 0 aliphatic heterocycles. The molecule has 0 saturated heterocycles. The van der Waals surface area contributed by atoms with Gasteiger partial charge in [0.2, 0.25) is 0 Å².